The second-order valence-corrected chi connectivity index (χ2v) is 5.30. The first-order valence-corrected chi connectivity index (χ1v) is 6.72. The molecule has 3 nitrogen and oxygen atoms in total. The van der Waals surface area contributed by atoms with Gasteiger partial charge in [-0.25, -0.2) is 0 Å². The maximum absolute atomic E-state index is 12.1. The van der Waals surface area contributed by atoms with Gasteiger partial charge in [0, 0.05) is 12.1 Å². The van der Waals surface area contributed by atoms with E-state index in [1.165, 1.54) is 12.8 Å². The van der Waals surface area contributed by atoms with Crippen molar-refractivity contribution in [2.24, 2.45) is 5.92 Å². The zero-order valence-electron chi connectivity index (χ0n) is 11.3. The lowest BCUT2D eigenvalue weighted by Crippen LogP contribution is -2.38. The Bertz CT molecular complexity index is 402. The molecule has 1 aromatic carbocycles. The molecule has 18 heavy (non-hydrogen) atoms. The largest absolute Gasteiger partial charge is 0.352 e. The summed E-state index contributed by atoms with van der Waals surface area (Å²) in [6.07, 6.45) is 2.42. The van der Waals surface area contributed by atoms with Gasteiger partial charge in [0.2, 0.25) is 0 Å². The van der Waals surface area contributed by atoms with Gasteiger partial charge in [-0.05, 0) is 57.8 Å². The molecule has 1 atom stereocenters. The molecule has 1 heterocycles. The molecule has 1 aliphatic rings. The minimum atomic E-state index is 0.0485. The predicted molar refractivity (Wildman–Crippen MR) is 73.8 cm³/mol. The fourth-order valence-corrected chi connectivity index (χ4v) is 2.54. The molecule has 0 bridgehead atoms. The number of piperidine rings is 1. The average Bonchev–Trinajstić information content (AvgIpc) is 2.36. The fourth-order valence-electron chi connectivity index (χ4n) is 2.54. The van der Waals surface area contributed by atoms with Gasteiger partial charge in [0.25, 0.3) is 5.91 Å². The summed E-state index contributed by atoms with van der Waals surface area (Å²) in [6, 6.07) is 5.98. The zero-order valence-corrected chi connectivity index (χ0v) is 11.3. The van der Waals surface area contributed by atoms with Crippen molar-refractivity contribution >= 4 is 5.91 Å². The van der Waals surface area contributed by atoms with E-state index in [0.717, 1.165) is 36.3 Å². The van der Waals surface area contributed by atoms with Gasteiger partial charge in [-0.2, -0.15) is 0 Å². The lowest BCUT2D eigenvalue weighted by Gasteiger charge is -2.22. The molecule has 2 N–H and O–H groups in total. The Morgan fingerprint density at radius 2 is 2.06 bits per heavy atom. The second-order valence-electron chi connectivity index (χ2n) is 5.30. The van der Waals surface area contributed by atoms with Crippen LogP contribution in [0.2, 0.25) is 0 Å². The number of hydrogen-bond acceptors (Lipinski definition) is 2. The molecule has 0 spiro atoms. The summed E-state index contributed by atoms with van der Waals surface area (Å²) in [7, 11) is 0. The molecule has 3 heteroatoms. The van der Waals surface area contributed by atoms with E-state index in [-0.39, 0.29) is 5.91 Å². The number of carbonyl (C=O) groups is 1. The predicted octanol–water partition coefficient (Wildman–Crippen LogP) is 2.03. The molecule has 1 amide bonds. The highest BCUT2D eigenvalue weighted by molar-refractivity contribution is 5.94. The molecule has 98 valence electrons. The van der Waals surface area contributed by atoms with Crippen molar-refractivity contribution in [3.05, 3.63) is 34.9 Å². The Balaban J connectivity index is 1.90. The summed E-state index contributed by atoms with van der Waals surface area (Å²) in [5.74, 6) is 0.626. The van der Waals surface area contributed by atoms with E-state index in [1.807, 2.05) is 26.0 Å². The molecule has 1 fully saturated rings. The number of amides is 1. The van der Waals surface area contributed by atoms with Crippen LogP contribution < -0.4 is 10.6 Å². The van der Waals surface area contributed by atoms with Gasteiger partial charge >= 0.3 is 0 Å². The van der Waals surface area contributed by atoms with E-state index in [4.69, 9.17) is 0 Å². The summed E-state index contributed by atoms with van der Waals surface area (Å²) in [6.45, 7) is 6.96. The Hall–Kier alpha value is -1.35. The van der Waals surface area contributed by atoms with E-state index < -0.39 is 0 Å². The molecule has 0 radical (unpaired) electrons. The smallest absolute Gasteiger partial charge is 0.251 e. The minimum Gasteiger partial charge on any atom is -0.352 e. The maximum Gasteiger partial charge on any atom is 0.251 e. The Morgan fingerprint density at radius 3 is 2.67 bits per heavy atom. The highest BCUT2D eigenvalue weighted by Crippen LogP contribution is 2.11. The SMILES string of the molecule is Cc1cc(C)cc(C(=O)NC[C@H]2CCCNC2)c1. The van der Waals surface area contributed by atoms with Gasteiger partial charge in [0.05, 0.1) is 0 Å². The van der Waals surface area contributed by atoms with Gasteiger partial charge in [-0.15, -0.1) is 0 Å². The summed E-state index contributed by atoms with van der Waals surface area (Å²) in [5.41, 5.74) is 3.05. The molecule has 2 rings (SSSR count). The van der Waals surface area contributed by atoms with Crippen LogP contribution in [0, 0.1) is 19.8 Å². The average molecular weight is 246 g/mol. The van der Waals surface area contributed by atoms with Gasteiger partial charge in [0.15, 0.2) is 0 Å². The number of benzene rings is 1. The molecule has 1 saturated heterocycles. The fraction of sp³-hybridized carbons (Fsp3) is 0.533. The van der Waals surface area contributed by atoms with Crippen LogP contribution in [0.4, 0.5) is 0 Å². The Labute approximate surface area is 109 Å². The third kappa shape index (κ3) is 3.57. The van der Waals surface area contributed by atoms with E-state index in [9.17, 15) is 4.79 Å². The normalized spacial score (nSPS) is 19.6. The molecule has 0 unspecified atom stereocenters. The van der Waals surface area contributed by atoms with Crippen LogP contribution in [0.3, 0.4) is 0 Å². The van der Waals surface area contributed by atoms with Gasteiger partial charge in [-0.1, -0.05) is 17.2 Å². The van der Waals surface area contributed by atoms with Crippen molar-refractivity contribution in [1.29, 1.82) is 0 Å². The van der Waals surface area contributed by atoms with Crippen molar-refractivity contribution in [3.8, 4) is 0 Å². The molecular formula is C15H22N2O. The zero-order chi connectivity index (χ0) is 13.0. The van der Waals surface area contributed by atoms with E-state index in [0.29, 0.717) is 5.92 Å². The lowest BCUT2D eigenvalue weighted by molar-refractivity contribution is 0.0944. The molecule has 1 aliphatic heterocycles. The third-order valence-corrected chi connectivity index (χ3v) is 3.43. The first-order valence-electron chi connectivity index (χ1n) is 6.72. The number of rotatable bonds is 3. The van der Waals surface area contributed by atoms with Crippen molar-refractivity contribution < 1.29 is 4.79 Å². The minimum absolute atomic E-state index is 0.0485. The van der Waals surface area contributed by atoms with Crippen molar-refractivity contribution in [2.45, 2.75) is 26.7 Å². The highest BCUT2D eigenvalue weighted by Gasteiger charge is 2.14. The van der Waals surface area contributed by atoms with Crippen LogP contribution in [0.1, 0.15) is 34.3 Å². The molecule has 0 aromatic heterocycles. The van der Waals surface area contributed by atoms with Crippen LogP contribution >= 0.6 is 0 Å². The Morgan fingerprint density at radius 1 is 1.33 bits per heavy atom. The molecular weight excluding hydrogens is 224 g/mol. The molecule has 0 aliphatic carbocycles. The quantitative estimate of drug-likeness (QED) is 0.857. The maximum atomic E-state index is 12.1. The van der Waals surface area contributed by atoms with Gasteiger partial charge in [-0.3, -0.25) is 4.79 Å². The Kier molecular flexibility index (Phi) is 4.37. The molecule has 1 aromatic rings. The van der Waals surface area contributed by atoms with Crippen LogP contribution in [0.25, 0.3) is 0 Å². The van der Waals surface area contributed by atoms with E-state index in [2.05, 4.69) is 16.7 Å². The van der Waals surface area contributed by atoms with Crippen LogP contribution in [0.15, 0.2) is 18.2 Å². The molecule has 0 saturated carbocycles. The van der Waals surface area contributed by atoms with Crippen molar-refractivity contribution in [2.75, 3.05) is 19.6 Å². The summed E-state index contributed by atoms with van der Waals surface area (Å²) >= 11 is 0. The second kappa shape index (κ2) is 6.01. The number of carbonyl (C=O) groups excluding carboxylic acids is 1. The van der Waals surface area contributed by atoms with Gasteiger partial charge < -0.3 is 10.6 Å². The number of aryl methyl sites for hydroxylation is 2. The lowest BCUT2D eigenvalue weighted by atomic mass is 9.99. The van der Waals surface area contributed by atoms with Crippen molar-refractivity contribution in [3.63, 3.8) is 0 Å². The summed E-state index contributed by atoms with van der Waals surface area (Å²) < 4.78 is 0. The first kappa shape index (κ1) is 13.1. The summed E-state index contributed by atoms with van der Waals surface area (Å²) in [4.78, 5) is 12.1. The number of hydrogen-bond donors (Lipinski definition) is 2. The monoisotopic (exact) mass is 246 g/mol. The van der Waals surface area contributed by atoms with Crippen LogP contribution in [0.5, 0.6) is 0 Å². The van der Waals surface area contributed by atoms with Gasteiger partial charge in [0.1, 0.15) is 0 Å². The highest BCUT2D eigenvalue weighted by atomic mass is 16.1. The first-order chi connectivity index (χ1) is 8.65. The standard InChI is InChI=1S/C15H22N2O/c1-11-6-12(2)8-14(7-11)15(18)17-10-13-4-3-5-16-9-13/h6-8,13,16H,3-5,9-10H2,1-2H3,(H,17,18)/t13-/m0/s1. The number of nitrogens with one attached hydrogen (secondary N) is 2. The van der Waals surface area contributed by atoms with Crippen LogP contribution in [-0.4, -0.2) is 25.5 Å². The topological polar surface area (TPSA) is 41.1 Å². The van der Waals surface area contributed by atoms with Crippen LogP contribution in [-0.2, 0) is 0 Å². The van der Waals surface area contributed by atoms with E-state index in [1.54, 1.807) is 0 Å². The summed E-state index contributed by atoms with van der Waals surface area (Å²) in [5, 5.41) is 6.41. The van der Waals surface area contributed by atoms with E-state index >= 15 is 0 Å². The third-order valence-electron chi connectivity index (χ3n) is 3.43. The van der Waals surface area contributed by atoms with Crippen molar-refractivity contribution in [1.82, 2.24) is 10.6 Å².